The van der Waals surface area contributed by atoms with Gasteiger partial charge in [-0.1, -0.05) is 6.92 Å². The molecule has 0 aromatic carbocycles. The lowest BCUT2D eigenvalue weighted by atomic mass is 9.95. The smallest absolute Gasteiger partial charge is 0.254 e. The third kappa shape index (κ3) is 5.76. The fourth-order valence-corrected chi connectivity index (χ4v) is 4.27. The molecule has 1 N–H and O–H groups in total. The van der Waals surface area contributed by atoms with Gasteiger partial charge >= 0.3 is 0 Å². The van der Waals surface area contributed by atoms with E-state index in [2.05, 4.69) is 20.2 Å². The maximum atomic E-state index is 12.3. The predicted molar refractivity (Wildman–Crippen MR) is 112 cm³/mol. The Morgan fingerprint density at radius 3 is 2.50 bits per heavy atom. The number of amides is 2. The van der Waals surface area contributed by atoms with Gasteiger partial charge in [-0.05, 0) is 50.6 Å². The lowest BCUT2D eigenvalue weighted by Gasteiger charge is -2.38. The van der Waals surface area contributed by atoms with Crippen molar-refractivity contribution in [2.75, 3.05) is 45.9 Å². The molecule has 1 aliphatic carbocycles. The molecule has 3 heterocycles. The van der Waals surface area contributed by atoms with Gasteiger partial charge in [0.15, 0.2) is 0 Å². The zero-order valence-corrected chi connectivity index (χ0v) is 17.9. The SMILES string of the molecule is CCc1ncc(C(=O)NCC2CN(CC3CCN(CC4CC4)CC3)C(=O)CO2)cn1. The number of likely N-dealkylation sites (tertiary alicyclic amines) is 1. The van der Waals surface area contributed by atoms with E-state index in [1.165, 1.54) is 19.4 Å². The zero-order valence-electron chi connectivity index (χ0n) is 17.9. The van der Waals surface area contributed by atoms with Gasteiger partial charge in [0.1, 0.15) is 12.4 Å². The van der Waals surface area contributed by atoms with Gasteiger partial charge < -0.3 is 19.9 Å². The number of aryl methyl sites for hydroxylation is 1. The number of rotatable bonds is 8. The summed E-state index contributed by atoms with van der Waals surface area (Å²) in [5.74, 6) is 2.06. The molecule has 164 valence electrons. The molecule has 2 aliphatic heterocycles. The largest absolute Gasteiger partial charge is 0.365 e. The van der Waals surface area contributed by atoms with E-state index < -0.39 is 0 Å². The molecule has 3 aliphatic rings. The van der Waals surface area contributed by atoms with Gasteiger partial charge in [-0.2, -0.15) is 0 Å². The van der Waals surface area contributed by atoms with Crippen molar-refractivity contribution in [1.82, 2.24) is 25.1 Å². The summed E-state index contributed by atoms with van der Waals surface area (Å²) in [4.78, 5) is 37.5. The highest BCUT2D eigenvalue weighted by Gasteiger charge is 2.31. The third-order valence-electron chi connectivity index (χ3n) is 6.39. The maximum Gasteiger partial charge on any atom is 0.254 e. The fourth-order valence-electron chi connectivity index (χ4n) is 4.27. The Morgan fingerprint density at radius 2 is 1.83 bits per heavy atom. The topological polar surface area (TPSA) is 87.7 Å². The second-order valence-electron chi connectivity index (χ2n) is 8.87. The minimum Gasteiger partial charge on any atom is -0.365 e. The highest BCUT2D eigenvalue weighted by molar-refractivity contribution is 5.93. The number of hydrogen-bond donors (Lipinski definition) is 1. The average Bonchev–Trinajstić information content (AvgIpc) is 3.59. The standard InChI is InChI=1S/C22H33N5O3/c1-2-20-23-9-18(10-24-20)22(29)25-11-19-14-27(21(28)15-30-19)13-17-5-7-26(8-6-17)12-16-3-4-16/h9-10,16-17,19H,2-8,11-15H2,1H3,(H,25,29). The van der Waals surface area contributed by atoms with Crippen LogP contribution in [-0.2, 0) is 16.0 Å². The van der Waals surface area contributed by atoms with Gasteiger partial charge in [0, 0.05) is 45.0 Å². The van der Waals surface area contributed by atoms with Gasteiger partial charge in [-0.3, -0.25) is 9.59 Å². The second kappa shape index (κ2) is 9.83. The van der Waals surface area contributed by atoms with Crippen LogP contribution in [0.25, 0.3) is 0 Å². The molecule has 1 unspecified atom stereocenters. The number of hydrogen-bond acceptors (Lipinski definition) is 6. The van der Waals surface area contributed by atoms with Gasteiger partial charge in [-0.25, -0.2) is 9.97 Å². The van der Waals surface area contributed by atoms with E-state index in [-0.39, 0.29) is 24.5 Å². The number of morpholine rings is 1. The molecule has 2 saturated heterocycles. The van der Waals surface area contributed by atoms with Crippen LogP contribution in [0.15, 0.2) is 12.4 Å². The van der Waals surface area contributed by atoms with Crippen LogP contribution in [-0.4, -0.2) is 83.6 Å². The molecular formula is C22H33N5O3. The molecule has 8 heteroatoms. The van der Waals surface area contributed by atoms with Crippen LogP contribution >= 0.6 is 0 Å². The number of nitrogens with zero attached hydrogens (tertiary/aromatic N) is 4. The summed E-state index contributed by atoms with van der Waals surface area (Å²) in [6.07, 6.45) is 8.77. The molecule has 8 nitrogen and oxygen atoms in total. The Kier molecular flexibility index (Phi) is 6.94. The maximum absolute atomic E-state index is 12.3. The van der Waals surface area contributed by atoms with Crippen molar-refractivity contribution >= 4 is 11.8 Å². The Bertz CT molecular complexity index is 729. The molecule has 30 heavy (non-hydrogen) atoms. The Hall–Kier alpha value is -2.06. The molecule has 0 bridgehead atoms. The number of nitrogens with one attached hydrogen (secondary N) is 1. The van der Waals surface area contributed by atoms with Crippen LogP contribution in [0.4, 0.5) is 0 Å². The Morgan fingerprint density at radius 1 is 1.13 bits per heavy atom. The first-order valence-corrected chi connectivity index (χ1v) is 11.3. The summed E-state index contributed by atoms with van der Waals surface area (Å²) in [7, 11) is 0. The number of piperidine rings is 1. The molecule has 2 amide bonds. The minimum atomic E-state index is -0.215. The second-order valence-corrected chi connectivity index (χ2v) is 8.87. The van der Waals surface area contributed by atoms with Gasteiger partial charge in [-0.15, -0.1) is 0 Å². The highest BCUT2D eigenvalue weighted by Crippen LogP contribution is 2.31. The van der Waals surface area contributed by atoms with E-state index in [0.717, 1.165) is 50.6 Å². The van der Waals surface area contributed by atoms with Gasteiger partial charge in [0.25, 0.3) is 5.91 Å². The number of ether oxygens (including phenoxy) is 1. The van der Waals surface area contributed by atoms with E-state index in [9.17, 15) is 9.59 Å². The van der Waals surface area contributed by atoms with Crippen molar-refractivity contribution < 1.29 is 14.3 Å². The molecule has 3 fully saturated rings. The zero-order chi connectivity index (χ0) is 20.9. The van der Waals surface area contributed by atoms with Gasteiger partial charge in [0.05, 0.1) is 11.7 Å². The molecule has 0 radical (unpaired) electrons. The molecule has 1 aromatic rings. The lowest BCUT2D eigenvalue weighted by molar-refractivity contribution is -0.149. The fraction of sp³-hybridized carbons (Fsp3) is 0.727. The van der Waals surface area contributed by atoms with Crippen LogP contribution in [0.5, 0.6) is 0 Å². The lowest BCUT2D eigenvalue weighted by Crippen LogP contribution is -2.52. The van der Waals surface area contributed by atoms with Crippen LogP contribution in [0.3, 0.4) is 0 Å². The number of carbonyl (C=O) groups is 2. The van der Waals surface area contributed by atoms with Crippen molar-refractivity contribution in [2.45, 2.75) is 45.1 Å². The number of aromatic nitrogens is 2. The molecule has 1 aromatic heterocycles. The van der Waals surface area contributed by atoms with Crippen molar-refractivity contribution in [1.29, 1.82) is 0 Å². The highest BCUT2D eigenvalue weighted by atomic mass is 16.5. The summed E-state index contributed by atoms with van der Waals surface area (Å²) < 4.78 is 5.65. The molecule has 4 rings (SSSR count). The summed E-state index contributed by atoms with van der Waals surface area (Å²) in [5, 5.41) is 2.89. The predicted octanol–water partition coefficient (Wildman–Crippen LogP) is 1.12. The van der Waals surface area contributed by atoms with E-state index >= 15 is 0 Å². The van der Waals surface area contributed by atoms with Crippen molar-refractivity contribution in [3.8, 4) is 0 Å². The summed E-state index contributed by atoms with van der Waals surface area (Å²) >= 11 is 0. The monoisotopic (exact) mass is 415 g/mol. The first kappa shape index (κ1) is 21.2. The van der Waals surface area contributed by atoms with Crippen molar-refractivity contribution in [3.05, 3.63) is 23.8 Å². The number of carbonyl (C=O) groups excluding carboxylic acids is 2. The summed E-state index contributed by atoms with van der Waals surface area (Å²) in [6, 6.07) is 0. The quantitative estimate of drug-likeness (QED) is 0.685. The average molecular weight is 416 g/mol. The van der Waals surface area contributed by atoms with Crippen molar-refractivity contribution in [3.63, 3.8) is 0 Å². The summed E-state index contributed by atoms with van der Waals surface area (Å²) in [5.41, 5.74) is 0.439. The first-order valence-electron chi connectivity index (χ1n) is 11.3. The normalized spacial score (nSPS) is 23.6. The third-order valence-corrected chi connectivity index (χ3v) is 6.39. The van der Waals surface area contributed by atoms with Crippen LogP contribution < -0.4 is 5.32 Å². The van der Waals surface area contributed by atoms with Gasteiger partial charge in [0.2, 0.25) is 5.91 Å². The molecule has 1 atom stereocenters. The Labute approximate surface area is 178 Å². The molecule has 1 saturated carbocycles. The van der Waals surface area contributed by atoms with Crippen molar-refractivity contribution in [2.24, 2.45) is 11.8 Å². The Balaban J connectivity index is 1.21. The van der Waals surface area contributed by atoms with E-state index in [1.807, 2.05) is 11.8 Å². The van der Waals surface area contributed by atoms with Crippen LogP contribution in [0.2, 0.25) is 0 Å². The van der Waals surface area contributed by atoms with Crippen LogP contribution in [0, 0.1) is 11.8 Å². The van der Waals surface area contributed by atoms with E-state index in [4.69, 9.17) is 4.74 Å². The first-order chi connectivity index (χ1) is 14.6. The van der Waals surface area contributed by atoms with Crippen LogP contribution in [0.1, 0.15) is 48.8 Å². The minimum absolute atomic E-state index is 0.0570. The summed E-state index contributed by atoms with van der Waals surface area (Å²) in [6.45, 7) is 7.34. The van der Waals surface area contributed by atoms with E-state index in [0.29, 0.717) is 24.6 Å². The molecule has 0 spiro atoms. The van der Waals surface area contributed by atoms with E-state index in [1.54, 1.807) is 12.4 Å². The molecular weight excluding hydrogens is 382 g/mol.